The average Bonchev–Trinajstić information content (AvgIpc) is 3.21. The van der Waals surface area contributed by atoms with Gasteiger partial charge in [0.2, 0.25) is 0 Å². The van der Waals surface area contributed by atoms with Crippen molar-refractivity contribution in [3.05, 3.63) is 23.8 Å². The van der Waals surface area contributed by atoms with E-state index in [-0.39, 0.29) is 11.9 Å². The fraction of sp³-hybridized carbons (Fsp3) is 0.533. The Kier molecular flexibility index (Phi) is 3.98. The van der Waals surface area contributed by atoms with Gasteiger partial charge in [-0.25, -0.2) is 0 Å². The number of anilines is 1. The summed E-state index contributed by atoms with van der Waals surface area (Å²) in [4.78, 5) is 14.4. The SMILES string of the molecule is CCOc1cccc(N)c1C(=O)N(C)C(C)C1CC1. The van der Waals surface area contributed by atoms with Crippen LogP contribution >= 0.6 is 0 Å². The van der Waals surface area contributed by atoms with Crippen LogP contribution in [0.3, 0.4) is 0 Å². The summed E-state index contributed by atoms with van der Waals surface area (Å²) in [6.07, 6.45) is 2.42. The first-order valence-electron chi connectivity index (χ1n) is 6.84. The zero-order chi connectivity index (χ0) is 14.0. The number of rotatable bonds is 5. The van der Waals surface area contributed by atoms with Crippen molar-refractivity contribution >= 4 is 11.6 Å². The zero-order valence-corrected chi connectivity index (χ0v) is 11.8. The average molecular weight is 262 g/mol. The highest BCUT2D eigenvalue weighted by atomic mass is 16.5. The smallest absolute Gasteiger partial charge is 0.259 e. The summed E-state index contributed by atoms with van der Waals surface area (Å²) in [5.41, 5.74) is 6.92. The first kappa shape index (κ1) is 13.7. The molecule has 4 heteroatoms. The van der Waals surface area contributed by atoms with Gasteiger partial charge in [0.15, 0.2) is 0 Å². The molecule has 1 aliphatic carbocycles. The van der Waals surface area contributed by atoms with E-state index in [0.717, 1.165) is 0 Å². The topological polar surface area (TPSA) is 55.6 Å². The van der Waals surface area contributed by atoms with Gasteiger partial charge in [0.1, 0.15) is 11.3 Å². The monoisotopic (exact) mass is 262 g/mol. The normalized spacial score (nSPS) is 15.9. The van der Waals surface area contributed by atoms with Crippen LogP contribution in [-0.2, 0) is 0 Å². The number of nitrogens with two attached hydrogens (primary N) is 1. The first-order chi connectivity index (χ1) is 9.06. The van der Waals surface area contributed by atoms with Gasteiger partial charge >= 0.3 is 0 Å². The molecule has 0 aliphatic heterocycles. The zero-order valence-electron chi connectivity index (χ0n) is 11.8. The predicted molar refractivity (Wildman–Crippen MR) is 76.3 cm³/mol. The van der Waals surface area contributed by atoms with E-state index in [2.05, 4.69) is 6.92 Å². The van der Waals surface area contributed by atoms with Crippen LogP contribution in [0.2, 0.25) is 0 Å². The Morgan fingerprint density at radius 1 is 1.53 bits per heavy atom. The Morgan fingerprint density at radius 3 is 2.79 bits per heavy atom. The lowest BCUT2D eigenvalue weighted by Gasteiger charge is -2.26. The molecule has 2 rings (SSSR count). The molecule has 19 heavy (non-hydrogen) atoms. The van der Waals surface area contributed by atoms with Crippen LogP contribution in [0.5, 0.6) is 5.75 Å². The summed E-state index contributed by atoms with van der Waals surface area (Å²) in [5, 5.41) is 0. The number of hydrogen-bond donors (Lipinski definition) is 1. The number of hydrogen-bond acceptors (Lipinski definition) is 3. The third-order valence-corrected chi connectivity index (χ3v) is 3.81. The summed E-state index contributed by atoms with van der Waals surface area (Å²) in [5.74, 6) is 1.15. The van der Waals surface area contributed by atoms with Crippen LogP contribution in [0.15, 0.2) is 18.2 Å². The van der Waals surface area contributed by atoms with E-state index in [1.54, 1.807) is 23.1 Å². The van der Waals surface area contributed by atoms with Gasteiger partial charge in [-0.1, -0.05) is 6.07 Å². The molecular weight excluding hydrogens is 240 g/mol. The standard InChI is InChI=1S/C15H22N2O2/c1-4-19-13-7-5-6-12(16)14(13)15(18)17(3)10(2)11-8-9-11/h5-7,10-11H,4,8-9,16H2,1-3H3. The van der Waals surface area contributed by atoms with E-state index in [4.69, 9.17) is 10.5 Å². The number of benzene rings is 1. The number of nitrogens with zero attached hydrogens (tertiary/aromatic N) is 1. The lowest BCUT2D eigenvalue weighted by molar-refractivity contribution is 0.0724. The molecule has 1 aromatic carbocycles. The Morgan fingerprint density at radius 2 is 2.21 bits per heavy atom. The second-order valence-corrected chi connectivity index (χ2v) is 5.15. The molecule has 2 N–H and O–H groups in total. The van der Waals surface area contributed by atoms with Gasteiger partial charge in [0, 0.05) is 18.8 Å². The summed E-state index contributed by atoms with van der Waals surface area (Å²) in [7, 11) is 1.84. The molecule has 1 atom stereocenters. The Balaban J connectivity index is 2.26. The van der Waals surface area contributed by atoms with Crippen LogP contribution < -0.4 is 10.5 Å². The summed E-state index contributed by atoms with van der Waals surface area (Å²) in [6.45, 7) is 4.51. The molecule has 1 saturated carbocycles. The number of carbonyl (C=O) groups excluding carboxylic acids is 1. The molecule has 0 spiro atoms. The maximum Gasteiger partial charge on any atom is 0.259 e. The van der Waals surface area contributed by atoms with E-state index >= 15 is 0 Å². The van der Waals surface area contributed by atoms with Crippen molar-refractivity contribution in [1.29, 1.82) is 0 Å². The maximum absolute atomic E-state index is 12.6. The molecule has 0 heterocycles. The van der Waals surface area contributed by atoms with Crippen molar-refractivity contribution in [2.45, 2.75) is 32.7 Å². The van der Waals surface area contributed by atoms with Crippen LogP contribution in [-0.4, -0.2) is 30.5 Å². The summed E-state index contributed by atoms with van der Waals surface area (Å²) < 4.78 is 5.52. The molecule has 0 saturated heterocycles. The highest BCUT2D eigenvalue weighted by molar-refractivity contribution is 6.01. The summed E-state index contributed by atoms with van der Waals surface area (Å²) in [6, 6.07) is 5.59. The van der Waals surface area contributed by atoms with Crippen LogP contribution in [0, 0.1) is 5.92 Å². The van der Waals surface area contributed by atoms with Crippen molar-refractivity contribution in [2.75, 3.05) is 19.4 Å². The quantitative estimate of drug-likeness (QED) is 0.830. The number of amides is 1. The molecule has 0 bridgehead atoms. The van der Waals surface area contributed by atoms with Gasteiger partial charge < -0.3 is 15.4 Å². The molecule has 1 unspecified atom stereocenters. The van der Waals surface area contributed by atoms with Gasteiger partial charge in [-0.15, -0.1) is 0 Å². The van der Waals surface area contributed by atoms with Gasteiger partial charge in [-0.2, -0.15) is 0 Å². The van der Waals surface area contributed by atoms with E-state index < -0.39 is 0 Å². The molecule has 1 amide bonds. The second kappa shape index (κ2) is 5.51. The third kappa shape index (κ3) is 2.83. The fourth-order valence-corrected chi connectivity index (χ4v) is 2.31. The second-order valence-electron chi connectivity index (χ2n) is 5.15. The highest BCUT2D eigenvalue weighted by Gasteiger charge is 2.33. The van der Waals surface area contributed by atoms with Crippen molar-refractivity contribution in [2.24, 2.45) is 5.92 Å². The Hall–Kier alpha value is -1.71. The molecule has 0 aromatic heterocycles. The lowest BCUT2D eigenvalue weighted by Crippen LogP contribution is -2.37. The van der Waals surface area contributed by atoms with Gasteiger partial charge in [0.25, 0.3) is 5.91 Å². The highest BCUT2D eigenvalue weighted by Crippen LogP contribution is 2.36. The van der Waals surface area contributed by atoms with Crippen molar-refractivity contribution in [3.63, 3.8) is 0 Å². The maximum atomic E-state index is 12.6. The summed E-state index contributed by atoms with van der Waals surface area (Å²) >= 11 is 0. The Bertz CT molecular complexity index is 469. The molecular formula is C15H22N2O2. The van der Waals surface area contributed by atoms with Gasteiger partial charge in [-0.3, -0.25) is 4.79 Å². The fourth-order valence-electron chi connectivity index (χ4n) is 2.31. The predicted octanol–water partition coefficient (Wildman–Crippen LogP) is 2.54. The molecule has 0 radical (unpaired) electrons. The van der Waals surface area contributed by atoms with Crippen LogP contribution in [0.1, 0.15) is 37.0 Å². The molecule has 104 valence electrons. The molecule has 1 aromatic rings. The molecule has 1 fully saturated rings. The minimum atomic E-state index is -0.0547. The van der Waals surface area contributed by atoms with E-state index in [9.17, 15) is 4.79 Å². The largest absolute Gasteiger partial charge is 0.493 e. The number of nitrogen functional groups attached to an aromatic ring is 1. The first-order valence-corrected chi connectivity index (χ1v) is 6.84. The van der Waals surface area contributed by atoms with Crippen LogP contribution in [0.4, 0.5) is 5.69 Å². The van der Waals surface area contributed by atoms with Crippen molar-refractivity contribution in [3.8, 4) is 5.75 Å². The minimum Gasteiger partial charge on any atom is -0.493 e. The molecule has 1 aliphatic rings. The van der Waals surface area contributed by atoms with Gasteiger partial charge in [-0.05, 0) is 44.7 Å². The van der Waals surface area contributed by atoms with E-state index in [0.29, 0.717) is 29.5 Å². The van der Waals surface area contributed by atoms with Crippen molar-refractivity contribution < 1.29 is 9.53 Å². The number of carbonyl (C=O) groups is 1. The Labute approximate surface area is 114 Å². The van der Waals surface area contributed by atoms with Crippen LogP contribution in [0.25, 0.3) is 0 Å². The lowest BCUT2D eigenvalue weighted by atomic mass is 10.1. The van der Waals surface area contributed by atoms with Crippen molar-refractivity contribution in [1.82, 2.24) is 4.90 Å². The third-order valence-electron chi connectivity index (χ3n) is 3.81. The number of ether oxygens (including phenoxy) is 1. The van der Waals surface area contributed by atoms with E-state index in [1.807, 2.05) is 14.0 Å². The van der Waals surface area contributed by atoms with E-state index in [1.165, 1.54) is 12.8 Å². The molecule has 4 nitrogen and oxygen atoms in total. The van der Waals surface area contributed by atoms with Gasteiger partial charge in [0.05, 0.1) is 6.61 Å². The minimum absolute atomic E-state index is 0.0547.